The summed E-state index contributed by atoms with van der Waals surface area (Å²) in [4.78, 5) is 13.7. The van der Waals surface area contributed by atoms with Crippen molar-refractivity contribution in [3.8, 4) is 11.8 Å². The number of amides is 1. The molecule has 0 heterocycles. The molecule has 0 aliphatic rings. The summed E-state index contributed by atoms with van der Waals surface area (Å²) in [5.74, 6) is 4.71. The summed E-state index contributed by atoms with van der Waals surface area (Å²) in [7, 11) is 3.17. The number of hydrogen-bond acceptors (Lipinski definition) is 3. The molecular formula is C15H18FNO3. The summed E-state index contributed by atoms with van der Waals surface area (Å²) in [5, 5.41) is 8.70. The second-order valence-corrected chi connectivity index (χ2v) is 4.18. The van der Waals surface area contributed by atoms with Crippen molar-refractivity contribution in [2.75, 3.05) is 33.9 Å². The van der Waals surface area contributed by atoms with Gasteiger partial charge >= 0.3 is 0 Å². The number of ether oxygens (including phenoxy) is 1. The number of benzene rings is 1. The van der Waals surface area contributed by atoms with E-state index >= 15 is 0 Å². The number of hydrogen-bond donors (Lipinski definition) is 1. The maximum absolute atomic E-state index is 13.3. The SMILES string of the molecule is COCCN(C)C(=O)c1cc(F)ccc1C#CCCO. The Bertz CT molecular complexity index is 520. The van der Waals surface area contributed by atoms with E-state index in [2.05, 4.69) is 11.8 Å². The number of carbonyl (C=O) groups excluding carboxylic acids is 1. The average molecular weight is 279 g/mol. The molecule has 0 spiro atoms. The lowest BCUT2D eigenvalue weighted by molar-refractivity contribution is 0.0743. The summed E-state index contributed by atoms with van der Waals surface area (Å²) >= 11 is 0. The van der Waals surface area contributed by atoms with Gasteiger partial charge in [0.25, 0.3) is 5.91 Å². The molecule has 1 rings (SSSR count). The Balaban J connectivity index is 3.00. The molecule has 1 amide bonds. The molecule has 0 radical (unpaired) electrons. The van der Waals surface area contributed by atoms with Gasteiger partial charge in [-0.2, -0.15) is 0 Å². The van der Waals surface area contributed by atoms with Crippen LogP contribution in [-0.2, 0) is 4.74 Å². The fraction of sp³-hybridized carbons (Fsp3) is 0.400. The van der Waals surface area contributed by atoms with E-state index in [1.54, 1.807) is 14.2 Å². The quantitative estimate of drug-likeness (QED) is 0.826. The van der Waals surface area contributed by atoms with Gasteiger partial charge in [-0.15, -0.1) is 0 Å². The van der Waals surface area contributed by atoms with E-state index in [9.17, 15) is 9.18 Å². The van der Waals surface area contributed by atoms with Crippen LogP contribution in [0.3, 0.4) is 0 Å². The molecule has 1 N–H and O–H groups in total. The zero-order valence-corrected chi connectivity index (χ0v) is 11.6. The van der Waals surface area contributed by atoms with Gasteiger partial charge in [-0.25, -0.2) is 4.39 Å². The van der Waals surface area contributed by atoms with Crippen LogP contribution in [0.4, 0.5) is 4.39 Å². The zero-order chi connectivity index (χ0) is 15.0. The highest BCUT2D eigenvalue weighted by atomic mass is 19.1. The highest BCUT2D eigenvalue weighted by Crippen LogP contribution is 2.13. The van der Waals surface area contributed by atoms with E-state index in [1.165, 1.54) is 23.1 Å². The van der Waals surface area contributed by atoms with Gasteiger partial charge in [0.1, 0.15) is 5.82 Å². The van der Waals surface area contributed by atoms with Gasteiger partial charge < -0.3 is 14.7 Å². The molecule has 108 valence electrons. The minimum Gasteiger partial charge on any atom is -0.395 e. The van der Waals surface area contributed by atoms with Crippen LogP contribution in [-0.4, -0.2) is 49.8 Å². The fourth-order valence-electron chi connectivity index (χ4n) is 1.55. The van der Waals surface area contributed by atoms with Gasteiger partial charge in [0.15, 0.2) is 0 Å². The van der Waals surface area contributed by atoms with Crippen molar-refractivity contribution < 1.29 is 19.0 Å². The standard InChI is InChI=1S/C15H18FNO3/c1-17(8-10-20-2)15(19)14-11-13(16)7-6-12(14)5-3-4-9-18/h6-7,11,18H,4,8-10H2,1-2H3. The molecule has 0 aliphatic heterocycles. The Labute approximate surface area is 118 Å². The first kappa shape index (κ1) is 16.2. The number of rotatable bonds is 5. The molecule has 0 saturated heterocycles. The number of carbonyl (C=O) groups is 1. The van der Waals surface area contributed by atoms with E-state index < -0.39 is 5.82 Å². The van der Waals surface area contributed by atoms with E-state index in [4.69, 9.17) is 9.84 Å². The van der Waals surface area contributed by atoms with Crippen LogP contribution < -0.4 is 0 Å². The molecule has 0 aromatic heterocycles. The van der Waals surface area contributed by atoms with E-state index in [1.807, 2.05) is 0 Å². The van der Waals surface area contributed by atoms with Crippen LogP contribution in [0.15, 0.2) is 18.2 Å². The molecule has 0 fully saturated rings. The van der Waals surface area contributed by atoms with Crippen molar-refractivity contribution >= 4 is 5.91 Å². The summed E-state index contributed by atoms with van der Waals surface area (Å²) in [6, 6.07) is 3.90. The third-order valence-corrected chi connectivity index (χ3v) is 2.65. The summed E-state index contributed by atoms with van der Waals surface area (Å²) < 4.78 is 18.2. The molecule has 0 bridgehead atoms. The predicted molar refractivity (Wildman–Crippen MR) is 73.8 cm³/mol. The van der Waals surface area contributed by atoms with E-state index in [0.717, 1.165) is 0 Å². The minimum absolute atomic E-state index is 0.0504. The molecule has 5 heteroatoms. The van der Waals surface area contributed by atoms with Gasteiger partial charge in [0.2, 0.25) is 0 Å². The van der Waals surface area contributed by atoms with Gasteiger partial charge in [-0.3, -0.25) is 4.79 Å². The first-order valence-corrected chi connectivity index (χ1v) is 6.23. The third kappa shape index (κ3) is 4.65. The molecule has 0 saturated carbocycles. The Kier molecular flexibility index (Phi) is 6.71. The summed E-state index contributed by atoms with van der Waals surface area (Å²) in [5.41, 5.74) is 0.670. The number of aliphatic hydroxyl groups excluding tert-OH is 1. The van der Waals surface area contributed by atoms with Gasteiger partial charge in [0.05, 0.1) is 18.8 Å². The van der Waals surface area contributed by atoms with Crippen LogP contribution in [0.1, 0.15) is 22.3 Å². The Morgan fingerprint density at radius 1 is 1.50 bits per heavy atom. The molecule has 1 aromatic rings. The number of halogens is 1. The molecule has 1 aromatic carbocycles. The monoisotopic (exact) mass is 279 g/mol. The first-order valence-electron chi connectivity index (χ1n) is 6.23. The summed E-state index contributed by atoms with van der Waals surface area (Å²) in [6.07, 6.45) is 0.310. The summed E-state index contributed by atoms with van der Waals surface area (Å²) in [6.45, 7) is 0.768. The Morgan fingerprint density at radius 3 is 2.90 bits per heavy atom. The highest BCUT2D eigenvalue weighted by molar-refractivity contribution is 5.96. The van der Waals surface area contributed by atoms with Crippen LogP contribution in [0.5, 0.6) is 0 Å². The van der Waals surface area contributed by atoms with Crippen molar-refractivity contribution in [1.29, 1.82) is 0 Å². The largest absolute Gasteiger partial charge is 0.395 e. The van der Waals surface area contributed by atoms with Crippen molar-refractivity contribution in [2.45, 2.75) is 6.42 Å². The van der Waals surface area contributed by atoms with Crippen molar-refractivity contribution in [3.63, 3.8) is 0 Å². The van der Waals surface area contributed by atoms with Gasteiger partial charge in [0, 0.05) is 32.7 Å². The molecule has 0 atom stereocenters. The Hall–Kier alpha value is -1.90. The zero-order valence-electron chi connectivity index (χ0n) is 11.6. The van der Waals surface area contributed by atoms with Crippen LogP contribution in [0.2, 0.25) is 0 Å². The lowest BCUT2D eigenvalue weighted by Gasteiger charge is -2.17. The number of nitrogens with zero attached hydrogens (tertiary/aromatic N) is 1. The fourth-order valence-corrected chi connectivity index (χ4v) is 1.55. The van der Waals surface area contributed by atoms with Crippen molar-refractivity contribution in [1.82, 2.24) is 4.90 Å². The van der Waals surface area contributed by atoms with Gasteiger partial charge in [-0.1, -0.05) is 11.8 Å². The third-order valence-electron chi connectivity index (χ3n) is 2.65. The second-order valence-electron chi connectivity index (χ2n) is 4.18. The molecular weight excluding hydrogens is 261 g/mol. The lowest BCUT2D eigenvalue weighted by Crippen LogP contribution is -2.30. The minimum atomic E-state index is -0.485. The van der Waals surface area contributed by atoms with Crippen LogP contribution >= 0.6 is 0 Å². The molecule has 4 nitrogen and oxygen atoms in total. The maximum atomic E-state index is 13.3. The number of likely N-dealkylation sites (N-methyl/N-ethyl adjacent to an activating group) is 1. The molecule has 20 heavy (non-hydrogen) atoms. The lowest BCUT2D eigenvalue weighted by atomic mass is 10.1. The predicted octanol–water partition coefficient (Wildman–Crippen LogP) is 1.28. The van der Waals surface area contributed by atoms with Crippen molar-refractivity contribution in [2.24, 2.45) is 0 Å². The van der Waals surface area contributed by atoms with Crippen molar-refractivity contribution in [3.05, 3.63) is 35.1 Å². The number of methoxy groups -OCH3 is 1. The Morgan fingerprint density at radius 2 is 2.25 bits per heavy atom. The smallest absolute Gasteiger partial charge is 0.255 e. The molecule has 0 unspecified atom stereocenters. The highest BCUT2D eigenvalue weighted by Gasteiger charge is 2.15. The topological polar surface area (TPSA) is 49.8 Å². The van der Waals surface area contributed by atoms with Crippen LogP contribution in [0.25, 0.3) is 0 Å². The van der Waals surface area contributed by atoms with E-state index in [-0.39, 0.29) is 18.1 Å². The van der Waals surface area contributed by atoms with Gasteiger partial charge in [-0.05, 0) is 18.2 Å². The number of aliphatic hydroxyl groups is 1. The second kappa shape index (κ2) is 8.31. The average Bonchev–Trinajstić information content (AvgIpc) is 2.45. The first-order chi connectivity index (χ1) is 9.60. The van der Waals surface area contributed by atoms with Crippen LogP contribution in [0, 0.1) is 17.7 Å². The van der Waals surface area contributed by atoms with E-state index in [0.29, 0.717) is 25.1 Å². The maximum Gasteiger partial charge on any atom is 0.255 e. The normalized spacial score (nSPS) is 9.80. The molecule has 0 aliphatic carbocycles.